The van der Waals surface area contributed by atoms with Crippen LogP contribution in [0.15, 0.2) is 16.7 Å². The molecule has 0 saturated heterocycles. The maximum Gasteiger partial charge on any atom is 0.118 e. The van der Waals surface area contributed by atoms with Crippen LogP contribution >= 0.6 is 0 Å². The molecule has 0 spiro atoms. The van der Waals surface area contributed by atoms with Gasteiger partial charge >= 0.3 is 0 Å². The standard InChI is InChI=1S/C16H28N2O/c1-12(2)9-18(15-5-6-15)10-16-7-14(11-19-16)8-17-13(3)4/h7,11-13,15,17H,5-6,8-10H2,1-4H3. The molecule has 1 aromatic heterocycles. The summed E-state index contributed by atoms with van der Waals surface area (Å²) in [7, 11) is 0. The molecule has 2 rings (SSSR count). The first-order valence-corrected chi connectivity index (χ1v) is 7.58. The highest BCUT2D eigenvalue weighted by atomic mass is 16.3. The second-order valence-electron chi connectivity index (χ2n) is 6.51. The maximum atomic E-state index is 5.71. The first kappa shape index (κ1) is 14.6. The molecule has 3 nitrogen and oxygen atoms in total. The van der Waals surface area contributed by atoms with Gasteiger partial charge in [0.15, 0.2) is 0 Å². The molecule has 19 heavy (non-hydrogen) atoms. The van der Waals surface area contributed by atoms with E-state index in [1.165, 1.54) is 24.9 Å². The lowest BCUT2D eigenvalue weighted by Crippen LogP contribution is -2.29. The quantitative estimate of drug-likeness (QED) is 0.780. The summed E-state index contributed by atoms with van der Waals surface area (Å²) < 4.78 is 5.71. The summed E-state index contributed by atoms with van der Waals surface area (Å²) in [5.41, 5.74) is 1.25. The summed E-state index contributed by atoms with van der Waals surface area (Å²) in [5.74, 6) is 1.82. The van der Waals surface area contributed by atoms with Gasteiger partial charge in [-0.3, -0.25) is 4.90 Å². The number of hydrogen-bond donors (Lipinski definition) is 1. The van der Waals surface area contributed by atoms with Crippen LogP contribution in [-0.4, -0.2) is 23.5 Å². The highest BCUT2D eigenvalue weighted by Gasteiger charge is 2.29. The van der Waals surface area contributed by atoms with E-state index in [0.29, 0.717) is 6.04 Å². The van der Waals surface area contributed by atoms with E-state index in [-0.39, 0.29) is 0 Å². The smallest absolute Gasteiger partial charge is 0.118 e. The summed E-state index contributed by atoms with van der Waals surface area (Å²) in [5, 5.41) is 3.42. The van der Waals surface area contributed by atoms with E-state index >= 15 is 0 Å². The lowest BCUT2D eigenvalue weighted by atomic mass is 10.2. The molecule has 0 aliphatic heterocycles. The molecule has 108 valence electrons. The molecule has 0 atom stereocenters. The van der Waals surface area contributed by atoms with E-state index in [2.05, 4.69) is 44.0 Å². The molecule has 1 saturated carbocycles. The molecule has 1 aromatic rings. The first-order chi connectivity index (χ1) is 9.04. The normalized spacial score (nSPS) is 15.9. The molecule has 0 radical (unpaired) electrons. The zero-order valence-corrected chi connectivity index (χ0v) is 12.8. The lowest BCUT2D eigenvalue weighted by Gasteiger charge is -2.22. The molecule has 0 aromatic carbocycles. The van der Waals surface area contributed by atoms with Crippen LogP contribution in [0.2, 0.25) is 0 Å². The summed E-state index contributed by atoms with van der Waals surface area (Å²) in [4.78, 5) is 2.57. The SMILES string of the molecule is CC(C)CN(Cc1cc(CNC(C)C)co1)C1CC1. The topological polar surface area (TPSA) is 28.4 Å². The van der Waals surface area contributed by atoms with Gasteiger partial charge in [-0.25, -0.2) is 0 Å². The number of nitrogens with zero attached hydrogens (tertiary/aromatic N) is 1. The number of hydrogen-bond acceptors (Lipinski definition) is 3. The number of rotatable bonds is 8. The van der Waals surface area contributed by atoms with Gasteiger partial charge in [0.25, 0.3) is 0 Å². The number of furan rings is 1. The fourth-order valence-electron chi connectivity index (χ4n) is 2.38. The minimum absolute atomic E-state index is 0.516. The summed E-state index contributed by atoms with van der Waals surface area (Å²) in [6.07, 6.45) is 4.61. The Morgan fingerprint density at radius 2 is 2.05 bits per heavy atom. The molecule has 1 fully saturated rings. The summed E-state index contributed by atoms with van der Waals surface area (Å²) >= 11 is 0. The highest BCUT2D eigenvalue weighted by Crippen LogP contribution is 2.29. The Morgan fingerprint density at radius 1 is 1.32 bits per heavy atom. The second kappa shape index (κ2) is 6.58. The third kappa shape index (κ3) is 5.00. The average molecular weight is 264 g/mol. The Kier molecular flexibility index (Phi) is 5.06. The van der Waals surface area contributed by atoms with Crippen LogP contribution in [0.25, 0.3) is 0 Å². The zero-order valence-electron chi connectivity index (χ0n) is 12.8. The molecule has 1 aliphatic carbocycles. The van der Waals surface area contributed by atoms with Gasteiger partial charge in [-0.15, -0.1) is 0 Å². The first-order valence-electron chi connectivity index (χ1n) is 7.58. The van der Waals surface area contributed by atoms with Crippen LogP contribution < -0.4 is 5.32 Å². The van der Waals surface area contributed by atoms with Gasteiger partial charge in [-0.05, 0) is 24.8 Å². The molecule has 3 heteroatoms. The van der Waals surface area contributed by atoms with Crippen LogP contribution in [0.5, 0.6) is 0 Å². The fraction of sp³-hybridized carbons (Fsp3) is 0.750. The van der Waals surface area contributed by atoms with E-state index in [9.17, 15) is 0 Å². The van der Waals surface area contributed by atoms with Gasteiger partial charge in [0.2, 0.25) is 0 Å². The molecular weight excluding hydrogens is 236 g/mol. The van der Waals surface area contributed by atoms with E-state index in [4.69, 9.17) is 4.42 Å². The van der Waals surface area contributed by atoms with Gasteiger partial charge in [0.05, 0.1) is 12.8 Å². The van der Waals surface area contributed by atoms with Crippen LogP contribution in [0.1, 0.15) is 51.9 Å². The Morgan fingerprint density at radius 3 is 2.63 bits per heavy atom. The maximum absolute atomic E-state index is 5.71. The molecule has 1 N–H and O–H groups in total. The van der Waals surface area contributed by atoms with Crippen molar-refractivity contribution in [2.75, 3.05) is 6.54 Å². The van der Waals surface area contributed by atoms with Gasteiger partial charge in [-0.2, -0.15) is 0 Å². The van der Waals surface area contributed by atoms with Crippen molar-refractivity contribution in [2.24, 2.45) is 5.92 Å². The van der Waals surface area contributed by atoms with Crippen LogP contribution in [0.4, 0.5) is 0 Å². The van der Waals surface area contributed by atoms with Crippen molar-refractivity contribution >= 4 is 0 Å². The van der Waals surface area contributed by atoms with E-state index in [0.717, 1.165) is 30.8 Å². The van der Waals surface area contributed by atoms with Crippen molar-refractivity contribution in [1.82, 2.24) is 10.2 Å². The predicted octanol–water partition coefficient (Wildman–Crippen LogP) is 3.40. The summed E-state index contributed by atoms with van der Waals surface area (Å²) in [6, 6.07) is 3.51. The van der Waals surface area contributed by atoms with Crippen molar-refractivity contribution in [2.45, 2.75) is 65.7 Å². The largest absolute Gasteiger partial charge is 0.468 e. The lowest BCUT2D eigenvalue weighted by molar-refractivity contribution is 0.209. The molecule has 0 amide bonds. The van der Waals surface area contributed by atoms with Crippen LogP contribution in [-0.2, 0) is 13.1 Å². The Hall–Kier alpha value is -0.800. The van der Waals surface area contributed by atoms with Gasteiger partial charge in [-0.1, -0.05) is 27.7 Å². The minimum Gasteiger partial charge on any atom is -0.468 e. The molecule has 1 aliphatic rings. The third-order valence-corrected chi connectivity index (χ3v) is 3.44. The Bertz CT molecular complexity index is 380. The Balaban J connectivity index is 1.86. The van der Waals surface area contributed by atoms with Crippen molar-refractivity contribution in [3.8, 4) is 0 Å². The fourth-order valence-corrected chi connectivity index (χ4v) is 2.38. The molecule has 0 unspecified atom stereocenters. The van der Waals surface area contributed by atoms with Gasteiger partial charge in [0, 0.05) is 30.7 Å². The van der Waals surface area contributed by atoms with Crippen molar-refractivity contribution in [3.63, 3.8) is 0 Å². The average Bonchev–Trinajstić information content (AvgIpc) is 3.07. The van der Waals surface area contributed by atoms with Crippen molar-refractivity contribution < 1.29 is 4.42 Å². The zero-order chi connectivity index (χ0) is 13.8. The molecule has 0 bridgehead atoms. The predicted molar refractivity (Wildman–Crippen MR) is 79.0 cm³/mol. The van der Waals surface area contributed by atoms with Crippen molar-refractivity contribution in [1.29, 1.82) is 0 Å². The number of nitrogens with one attached hydrogen (secondary N) is 1. The second-order valence-corrected chi connectivity index (χ2v) is 6.51. The minimum atomic E-state index is 0.516. The summed E-state index contributed by atoms with van der Waals surface area (Å²) in [6.45, 7) is 11.9. The van der Waals surface area contributed by atoms with Crippen LogP contribution in [0.3, 0.4) is 0 Å². The molecular formula is C16H28N2O. The van der Waals surface area contributed by atoms with Gasteiger partial charge in [0.1, 0.15) is 5.76 Å². The van der Waals surface area contributed by atoms with E-state index in [1.807, 2.05) is 6.26 Å². The highest BCUT2D eigenvalue weighted by molar-refractivity contribution is 5.13. The van der Waals surface area contributed by atoms with E-state index < -0.39 is 0 Å². The molecule has 1 heterocycles. The van der Waals surface area contributed by atoms with Gasteiger partial charge < -0.3 is 9.73 Å². The monoisotopic (exact) mass is 264 g/mol. The third-order valence-electron chi connectivity index (χ3n) is 3.44. The van der Waals surface area contributed by atoms with Crippen molar-refractivity contribution in [3.05, 3.63) is 23.7 Å². The van der Waals surface area contributed by atoms with E-state index in [1.54, 1.807) is 0 Å². The van der Waals surface area contributed by atoms with Crippen LogP contribution in [0, 0.1) is 5.92 Å². The Labute approximate surface area is 117 Å².